The predicted octanol–water partition coefficient (Wildman–Crippen LogP) is 2.12. The summed E-state index contributed by atoms with van der Waals surface area (Å²) in [5.74, 6) is -1.13. The number of hydrogen-bond donors (Lipinski definition) is 0. The molecule has 0 bridgehead atoms. The minimum Gasteiger partial charge on any atom is -0.388 e. The Morgan fingerprint density at radius 2 is 2.00 bits per heavy atom. The maximum atomic E-state index is 12.0. The van der Waals surface area contributed by atoms with Gasteiger partial charge < -0.3 is 4.74 Å². The number of ether oxygens (including phenoxy) is 1. The van der Waals surface area contributed by atoms with Crippen LogP contribution >= 0.6 is 10.7 Å². The first-order chi connectivity index (χ1) is 8.42. The Bertz CT molecular complexity index is 630. The normalized spacial score (nSPS) is 12.3. The first-order valence-corrected chi connectivity index (χ1v) is 6.59. The molecule has 0 radical (unpaired) electrons. The summed E-state index contributed by atoms with van der Waals surface area (Å²) in [6.45, 7) is 1.03. The third-order valence-electron chi connectivity index (χ3n) is 1.75. The van der Waals surface area contributed by atoms with Gasteiger partial charge in [0.25, 0.3) is 14.1 Å². The Balaban J connectivity index is 3.52. The average Bonchev–Trinajstić information content (AvgIpc) is 2.16. The molecule has 12 heteroatoms. The fraction of sp³-hybridized carbons (Fsp3) is 0.286. The summed E-state index contributed by atoms with van der Waals surface area (Å²) >= 11 is 0. The number of aryl methyl sites for hydroxylation is 1. The molecule has 0 fully saturated rings. The molecule has 0 aliphatic carbocycles. The highest BCUT2D eigenvalue weighted by atomic mass is 35.7. The maximum absolute atomic E-state index is 12.0. The number of alkyl halides is 3. The second-order valence-corrected chi connectivity index (χ2v) is 5.66. The molecule has 7 nitrogen and oxygen atoms in total. The highest BCUT2D eigenvalue weighted by molar-refractivity contribution is 8.13. The lowest BCUT2D eigenvalue weighted by molar-refractivity contribution is -0.388. The Labute approximate surface area is 108 Å². The van der Waals surface area contributed by atoms with Gasteiger partial charge in [-0.3, -0.25) is 10.1 Å². The topological polar surface area (TPSA) is 99.4 Å². The monoisotopic (exact) mass is 320 g/mol. The summed E-state index contributed by atoms with van der Waals surface area (Å²) < 4.78 is 61.6. The van der Waals surface area contributed by atoms with Gasteiger partial charge in [-0.15, -0.1) is 13.2 Å². The molecule has 19 heavy (non-hydrogen) atoms. The zero-order valence-electron chi connectivity index (χ0n) is 8.93. The van der Waals surface area contributed by atoms with Crippen molar-refractivity contribution >= 4 is 25.4 Å². The lowest BCUT2D eigenvalue weighted by atomic mass is 10.3. The number of nitro groups is 1. The predicted molar refractivity (Wildman–Crippen MR) is 55.4 cm³/mol. The molecule has 0 unspecified atom stereocenters. The van der Waals surface area contributed by atoms with E-state index in [9.17, 15) is 31.7 Å². The second-order valence-electron chi connectivity index (χ2n) is 3.18. The number of hydrogen-bond acceptors (Lipinski definition) is 6. The minimum atomic E-state index is -5.12. The third-order valence-corrected chi connectivity index (χ3v) is 2.95. The quantitative estimate of drug-likeness (QED) is 0.480. The molecule has 0 aliphatic heterocycles. The fourth-order valence-corrected chi connectivity index (χ4v) is 2.01. The molecule has 1 aromatic heterocycles. The maximum Gasteiger partial charge on any atom is 0.574 e. The Hall–Kier alpha value is -1.62. The zero-order chi connectivity index (χ0) is 15.0. The molecule has 0 amide bonds. The Kier molecular flexibility index (Phi) is 3.91. The molecule has 0 saturated heterocycles. The summed E-state index contributed by atoms with van der Waals surface area (Å²) in [6.07, 6.45) is -5.12. The smallest absolute Gasteiger partial charge is 0.388 e. The van der Waals surface area contributed by atoms with Crippen LogP contribution in [-0.2, 0) is 9.05 Å². The lowest BCUT2D eigenvalue weighted by Gasteiger charge is -2.10. The van der Waals surface area contributed by atoms with E-state index in [4.69, 9.17) is 10.7 Å². The number of rotatable bonds is 3. The van der Waals surface area contributed by atoms with E-state index in [2.05, 4.69) is 9.72 Å². The third kappa shape index (κ3) is 3.92. The highest BCUT2D eigenvalue weighted by Crippen LogP contribution is 2.32. The van der Waals surface area contributed by atoms with Crippen molar-refractivity contribution in [2.45, 2.75) is 18.3 Å². The van der Waals surface area contributed by atoms with Crippen LogP contribution in [-0.4, -0.2) is 24.7 Å². The van der Waals surface area contributed by atoms with E-state index in [1.807, 2.05) is 0 Å². The molecule has 1 rings (SSSR count). The lowest BCUT2D eigenvalue weighted by Crippen LogP contribution is -2.19. The summed E-state index contributed by atoms with van der Waals surface area (Å²) in [4.78, 5) is 12.4. The van der Waals surface area contributed by atoms with Gasteiger partial charge in [-0.25, -0.2) is 8.42 Å². The summed E-state index contributed by atoms with van der Waals surface area (Å²) in [5.41, 5.74) is -1.41. The van der Waals surface area contributed by atoms with Gasteiger partial charge in [0, 0.05) is 22.3 Å². The SMILES string of the molecule is Cc1cc([N+](=O)[O-])c(S(=O)(=O)Cl)nc1OC(F)(F)F. The van der Waals surface area contributed by atoms with Gasteiger partial charge in [0.15, 0.2) is 0 Å². The van der Waals surface area contributed by atoms with Crippen molar-refractivity contribution in [1.82, 2.24) is 4.98 Å². The van der Waals surface area contributed by atoms with Gasteiger partial charge in [-0.1, -0.05) is 0 Å². The molecular weight excluding hydrogens is 317 g/mol. The van der Waals surface area contributed by atoms with Crippen LogP contribution in [0.25, 0.3) is 0 Å². The van der Waals surface area contributed by atoms with E-state index in [-0.39, 0.29) is 5.56 Å². The number of halogens is 4. The van der Waals surface area contributed by atoms with E-state index in [1.54, 1.807) is 0 Å². The molecule has 0 aliphatic rings. The van der Waals surface area contributed by atoms with E-state index in [0.717, 1.165) is 6.92 Å². The average molecular weight is 321 g/mol. The Morgan fingerprint density at radius 1 is 1.47 bits per heavy atom. The van der Waals surface area contributed by atoms with Crippen LogP contribution < -0.4 is 4.74 Å². The Morgan fingerprint density at radius 3 is 2.37 bits per heavy atom. The van der Waals surface area contributed by atoms with Gasteiger partial charge in [-0.05, 0) is 6.92 Å². The summed E-state index contributed by atoms with van der Waals surface area (Å²) in [7, 11) is 0.171. The molecule has 0 aromatic carbocycles. The van der Waals surface area contributed by atoms with Crippen LogP contribution in [0, 0.1) is 17.0 Å². The van der Waals surface area contributed by atoms with Crippen LogP contribution in [0.15, 0.2) is 11.1 Å². The van der Waals surface area contributed by atoms with Gasteiger partial charge in [-0.2, -0.15) is 4.98 Å². The van der Waals surface area contributed by atoms with Crippen LogP contribution in [0.5, 0.6) is 5.88 Å². The van der Waals surface area contributed by atoms with E-state index < -0.39 is 36.9 Å². The highest BCUT2D eigenvalue weighted by Gasteiger charge is 2.35. The van der Waals surface area contributed by atoms with Crippen LogP contribution in [0.3, 0.4) is 0 Å². The molecule has 0 saturated carbocycles. The first kappa shape index (κ1) is 15.4. The van der Waals surface area contributed by atoms with Gasteiger partial charge in [0.05, 0.1) is 4.92 Å². The summed E-state index contributed by atoms with van der Waals surface area (Å²) in [5, 5.41) is 9.28. The van der Waals surface area contributed by atoms with Crippen molar-refractivity contribution in [3.05, 3.63) is 21.7 Å². The van der Waals surface area contributed by atoms with Crippen molar-refractivity contribution in [1.29, 1.82) is 0 Å². The molecule has 0 atom stereocenters. The molecule has 1 aromatic rings. The van der Waals surface area contributed by atoms with Crippen molar-refractivity contribution in [2.75, 3.05) is 0 Å². The summed E-state index contributed by atoms with van der Waals surface area (Å²) in [6, 6.07) is 0.573. The molecule has 0 spiro atoms. The number of aromatic nitrogens is 1. The van der Waals surface area contributed by atoms with Crippen molar-refractivity contribution in [2.24, 2.45) is 0 Å². The molecule has 1 heterocycles. The molecular formula is C7H4ClF3N2O5S. The molecule has 0 N–H and O–H groups in total. The van der Waals surface area contributed by atoms with Crippen molar-refractivity contribution in [3.63, 3.8) is 0 Å². The first-order valence-electron chi connectivity index (χ1n) is 4.28. The minimum absolute atomic E-state index is 0.368. The van der Waals surface area contributed by atoms with Gasteiger partial charge >= 0.3 is 12.0 Å². The van der Waals surface area contributed by atoms with Crippen LogP contribution in [0.1, 0.15) is 5.56 Å². The van der Waals surface area contributed by atoms with E-state index in [0.29, 0.717) is 6.07 Å². The van der Waals surface area contributed by atoms with Crippen molar-refractivity contribution in [3.8, 4) is 5.88 Å². The van der Waals surface area contributed by atoms with E-state index >= 15 is 0 Å². The van der Waals surface area contributed by atoms with Gasteiger partial charge in [0.1, 0.15) is 0 Å². The van der Waals surface area contributed by atoms with Crippen molar-refractivity contribution < 1.29 is 31.2 Å². The van der Waals surface area contributed by atoms with Gasteiger partial charge in [0.2, 0.25) is 5.88 Å². The van der Waals surface area contributed by atoms with E-state index in [1.165, 1.54) is 0 Å². The van der Waals surface area contributed by atoms with Crippen LogP contribution in [0.4, 0.5) is 18.9 Å². The zero-order valence-corrected chi connectivity index (χ0v) is 10.5. The van der Waals surface area contributed by atoms with Crippen LogP contribution in [0.2, 0.25) is 0 Å². The number of nitrogens with zero attached hydrogens (tertiary/aromatic N) is 2. The fourth-order valence-electron chi connectivity index (χ4n) is 1.09. The second kappa shape index (κ2) is 4.81. The standard InChI is InChI=1S/C7H4ClF3N2O5S/c1-3-2-4(13(14)15)6(19(8,16)17)12-5(3)18-7(9,10)11/h2H,1H3. The largest absolute Gasteiger partial charge is 0.574 e. The number of pyridine rings is 1. The molecule has 106 valence electrons.